The van der Waals surface area contributed by atoms with Crippen LogP contribution >= 0.6 is 0 Å². The number of aliphatic carboxylic acids is 1. The highest BCUT2D eigenvalue weighted by molar-refractivity contribution is 5.86. The molecule has 1 amide bonds. The van der Waals surface area contributed by atoms with Crippen LogP contribution in [0, 0.1) is 11.8 Å². The first-order valence-corrected chi connectivity index (χ1v) is 6.00. The Labute approximate surface area is 102 Å². The van der Waals surface area contributed by atoms with E-state index in [0.29, 0.717) is 12.8 Å². The molecular weight excluding hydrogens is 222 g/mol. The maximum atomic E-state index is 11.6. The molecular formula is C12H23NO4. The number of amides is 1. The molecule has 3 atom stereocenters. The highest BCUT2D eigenvalue weighted by atomic mass is 16.4. The lowest BCUT2D eigenvalue weighted by atomic mass is 9.98. The normalized spacial score (nSPS) is 16.4. The van der Waals surface area contributed by atoms with Crippen molar-refractivity contribution in [3.63, 3.8) is 0 Å². The molecule has 0 unspecified atom stereocenters. The Kier molecular flexibility index (Phi) is 6.80. The summed E-state index contributed by atoms with van der Waals surface area (Å²) in [5.41, 5.74) is 0. The zero-order valence-electron chi connectivity index (χ0n) is 10.9. The summed E-state index contributed by atoms with van der Waals surface area (Å²) >= 11 is 0. The third kappa shape index (κ3) is 5.68. The Morgan fingerprint density at radius 3 is 2.12 bits per heavy atom. The van der Waals surface area contributed by atoms with Crippen LogP contribution in [0.3, 0.4) is 0 Å². The summed E-state index contributed by atoms with van der Waals surface area (Å²) in [7, 11) is 0. The van der Waals surface area contributed by atoms with Crippen molar-refractivity contribution >= 4 is 11.9 Å². The predicted octanol–water partition coefficient (Wildman–Crippen LogP) is 1.01. The summed E-state index contributed by atoms with van der Waals surface area (Å²) in [4.78, 5) is 22.6. The molecule has 0 aliphatic carbocycles. The maximum Gasteiger partial charge on any atom is 0.326 e. The van der Waals surface area contributed by atoms with E-state index in [-0.39, 0.29) is 11.8 Å². The number of aliphatic hydroxyl groups excluding tert-OH is 1. The molecule has 17 heavy (non-hydrogen) atoms. The van der Waals surface area contributed by atoms with Crippen LogP contribution in [0.25, 0.3) is 0 Å². The van der Waals surface area contributed by atoms with Crippen LogP contribution in [0.1, 0.15) is 40.5 Å². The minimum atomic E-state index is -1.14. The molecule has 0 bridgehead atoms. The fourth-order valence-electron chi connectivity index (χ4n) is 1.49. The first-order valence-electron chi connectivity index (χ1n) is 6.00. The van der Waals surface area contributed by atoms with Gasteiger partial charge in [-0.1, -0.05) is 34.1 Å². The van der Waals surface area contributed by atoms with Gasteiger partial charge in [-0.3, -0.25) is 4.79 Å². The summed E-state index contributed by atoms with van der Waals surface area (Å²) in [5.74, 6) is -1.65. The third-order valence-electron chi connectivity index (χ3n) is 2.77. The lowest BCUT2D eigenvalue weighted by Crippen LogP contribution is -2.48. The Bertz CT molecular complexity index is 265. The second-order valence-corrected chi connectivity index (χ2v) is 4.86. The van der Waals surface area contributed by atoms with E-state index in [0.717, 1.165) is 0 Å². The number of nitrogens with one attached hydrogen (secondary N) is 1. The van der Waals surface area contributed by atoms with Gasteiger partial charge in [0, 0.05) is 0 Å². The van der Waals surface area contributed by atoms with Gasteiger partial charge in [-0.2, -0.15) is 0 Å². The van der Waals surface area contributed by atoms with Crippen LogP contribution < -0.4 is 5.32 Å². The van der Waals surface area contributed by atoms with Crippen molar-refractivity contribution in [3.05, 3.63) is 0 Å². The molecule has 0 aromatic carbocycles. The molecule has 0 aliphatic rings. The van der Waals surface area contributed by atoms with Gasteiger partial charge in [0.15, 0.2) is 0 Å². The van der Waals surface area contributed by atoms with Gasteiger partial charge in [-0.15, -0.1) is 0 Å². The minimum Gasteiger partial charge on any atom is -0.480 e. The topological polar surface area (TPSA) is 86.6 Å². The van der Waals surface area contributed by atoms with Gasteiger partial charge < -0.3 is 15.5 Å². The summed E-state index contributed by atoms with van der Waals surface area (Å²) in [6, 6.07) is -0.936. The molecule has 0 aliphatic heterocycles. The molecule has 0 saturated heterocycles. The van der Waals surface area contributed by atoms with Crippen LogP contribution in [0.15, 0.2) is 0 Å². The Morgan fingerprint density at radius 1 is 1.24 bits per heavy atom. The molecule has 0 radical (unpaired) electrons. The predicted molar refractivity (Wildman–Crippen MR) is 64.5 cm³/mol. The van der Waals surface area contributed by atoms with Gasteiger partial charge in [0.2, 0.25) is 5.91 Å². The van der Waals surface area contributed by atoms with Crippen LogP contribution in [-0.2, 0) is 9.59 Å². The molecule has 5 nitrogen and oxygen atoms in total. The standard InChI is InChI=1S/C12H23NO4/c1-5-8(4)10(12(16)17)13-11(15)9(14)6-7(2)3/h7-10,14H,5-6H2,1-4H3,(H,13,15)(H,16,17)/t8-,9-,10+/m1/s1. The zero-order valence-corrected chi connectivity index (χ0v) is 10.9. The average molecular weight is 245 g/mol. The van der Waals surface area contributed by atoms with Crippen molar-refractivity contribution < 1.29 is 19.8 Å². The molecule has 0 fully saturated rings. The van der Waals surface area contributed by atoms with E-state index in [1.165, 1.54) is 0 Å². The second kappa shape index (κ2) is 7.27. The summed E-state index contributed by atoms with van der Waals surface area (Å²) < 4.78 is 0. The number of rotatable bonds is 7. The molecule has 0 aromatic rings. The molecule has 0 aromatic heterocycles. The number of carbonyl (C=O) groups is 2. The van der Waals surface area contributed by atoms with Crippen molar-refractivity contribution in [1.29, 1.82) is 0 Å². The SMILES string of the molecule is CC[C@@H](C)[C@H](NC(=O)[C@H](O)CC(C)C)C(=O)O. The van der Waals surface area contributed by atoms with Crippen molar-refractivity contribution in [2.24, 2.45) is 11.8 Å². The van der Waals surface area contributed by atoms with Gasteiger partial charge in [-0.25, -0.2) is 4.79 Å². The molecule has 3 N–H and O–H groups in total. The van der Waals surface area contributed by atoms with Gasteiger partial charge >= 0.3 is 5.97 Å². The van der Waals surface area contributed by atoms with Gasteiger partial charge in [0.05, 0.1) is 0 Å². The number of carboxylic acid groups (broad SMARTS) is 1. The molecule has 0 heterocycles. The van der Waals surface area contributed by atoms with Crippen molar-refractivity contribution in [1.82, 2.24) is 5.32 Å². The second-order valence-electron chi connectivity index (χ2n) is 4.86. The first-order chi connectivity index (χ1) is 7.79. The monoisotopic (exact) mass is 245 g/mol. The highest BCUT2D eigenvalue weighted by Crippen LogP contribution is 2.10. The first kappa shape index (κ1) is 15.9. The highest BCUT2D eigenvalue weighted by Gasteiger charge is 2.27. The Morgan fingerprint density at radius 2 is 1.76 bits per heavy atom. The van der Waals surface area contributed by atoms with E-state index in [4.69, 9.17) is 5.11 Å². The van der Waals surface area contributed by atoms with Crippen LogP contribution in [0.2, 0.25) is 0 Å². The van der Waals surface area contributed by atoms with E-state index in [9.17, 15) is 14.7 Å². The van der Waals surface area contributed by atoms with E-state index in [1.54, 1.807) is 6.92 Å². The zero-order chi connectivity index (χ0) is 13.6. The van der Waals surface area contributed by atoms with E-state index < -0.39 is 24.0 Å². The Hall–Kier alpha value is -1.10. The molecule has 100 valence electrons. The smallest absolute Gasteiger partial charge is 0.326 e. The maximum absolute atomic E-state index is 11.6. The summed E-state index contributed by atoms with van der Waals surface area (Å²) in [6.07, 6.45) is -0.156. The molecule has 5 heteroatoms. The fourth-order valence-corrected chi connectivity index (χ4v) is 1.49. The minimum absolute atomic E-state index is 0.164. The van der Waals surface area contributed by atoms with E-state index in [1.807, 2.05) is 20.8 Å². The number of hydrogen-bond donors (Lipinski definition) is 3. The number of carboxylic acids is 1. The Balaban J connectivity index is 4.45. The average Bonchev–Trinajstić information content (AvgIpc) is 2.22. The van der Waals surface area contributed by atoms with Crippen LogP contribution in [0.4, 0.5) is 0 Å². The summed E-state index contributed by atoms with van der Waals surface area (Å²) in [6.45, 7) is 7.39. The van der Waals surface area contributed by atoms with Gasteiger partial charge in [0.25, 0.3) is 0 Å². The molecule has 0 saturated carbocycles. The summed E-state index contributed by atoms with van der Waals surface area (Å²) in [5, 5.41) is 20.9. The van der Waals surface area contributed by atoms with E-state index >= 15 is 0 Å². The fraction of sp³-hybridized carbons (Fsp3) is 0.833. The lowest BCUT2D eigenvalue weighted by molar-refractivity contribution is -0.145. The van der Waals surface area contributed by atoms with E-state index in [2.05, 4.69) is 5.32 Å². The number of carbonyl (C=O) groups excluding carboxylic acids is 1. The van der Waals surface area contributed by atoms with Gasteiger partial charge in [-0.05, 0) is 18.3 Å². The quantitative estimate of drug-likeness (QED) is 0.624. The van der Waals surface area contributed by atoms with Crippen molar-refractivity contribution in [2.75, 3.05) is 0 Å². The lowest BCUT2D eigenvalue weighted by Gasteiger charge is -2.22. The van der Waals surface area contributed by atoms with Crippen molar-refractivity contribution in [2.45, 2.75) is 52.7 Å². The largest absolute Gasteiger partial charge is 0.480 e. The number of aliphatic hydroxyl groups is 1. The molecule has 0 spiro atoms. The van der Waals surface area contributed by atoms with Crippen molar-refractivity contribution in [3.8, 4) is 0 Å². The molecule has 0 rings (SSSR count). The van der Waals surface area contributed by atoms with Crippen LogP contribution in [0.5, 0.6) is 0 Å². The van der Waals surface area contributed by atoms with Gasteiger partial charge in [0.1, 0.15) is 12.1 Å². The number of hydrogen-bond acceptors (Lipinski definition) is 3. The van der Waals surface area contributed by atoms with Crippen LogP contribution in [-0.4, -0.2) is 34.2 Å². The third-order valence-corrected chi connectivity index (χ3v) is 2.77.